The number of alkyl halides is 3. The van der Waals surface area contributed by atoms with Crippen LogP contribution in [0.2, 0.25) is 0 Å². The number of ether oxygens (including phenoxy) is 1. The molecule has 2 aliphatic rings. The lowest BCUT2D eigenvalue weighted by Crippen LogP contribution is -2.51. The highest BCUT2D eigenvalue weighted by molar-refractivity contribution is 7.18. The minimum absolute atomic E-state index is 0.0273. The Morgan fingerprint density at radius 3 is 2.52 bits per heavy atom. The van der Waals surface area contributed by atoms with Gasteiger partial charge in [0.1, 0.15) is 4.83 Å². The molecule has 1 aliphatic heterocycles. The minimum Gasteiger partial charge on any atom is -0.381 e. The van der Waals surface area contributed by atoms with Gasteiger partial charge in [-0.1, -0.05) is 0 Å². The van der Waals surface area contributed by atoms with E-state index in [0.717, 1.165) is 20.5 Å². The number of rotatable bonds is 6. The number of aryl methyl sites for hydroxylation is 2. The van der Waals surface area contributed by atoms with Crippen LogP contribution in [0.15, 0.2) is 9.59 Å². The third kappa shape index (κ3) is 4.31. The maximum atomic E-state index is 13.3. The molecule has 0 spiro atoms. The number of methoxy groups -OCH3 is 1. The number of hydrogen-bond donors (Lipinski definition) is 1. The SMILES string of the molecule is CO[C@H]1C[C@@H](n2c(=O)c3c(C)c(CN4CCNC(=O)C4=O)sc3n(CCC(F)(F)F)c2=O)C1. The normalized spacial score (nSPS) is 21.4. The zero-order valence-corrected chi connectivity index (χ0v) is 18.8. The molecule has 1 N–H and O–H groups in total. The van der Waals surface area contributed by atoms with Crippen molar-refractivity contribution in [2.75, 3.05) is 20.2 Å². The molecule has 13 heteroatoms. The molecule has 0 atom stereocenters. The summed E-state index contributed by atoms with van der Waals surface area (Å²) in [4.78, 5) is 52.3. The van der Waals surface area contributed by atoms with E-state index in [1.165, 1.54) is 12.0 Å². The van der Waals surface area contributed by atoms with Gasteiger partial charge in [-0.05, 0) is 25.3 Å². The van der Waals surface area contributed by atoms with Gasteiger partial charge in [-0.25, -0.2) is 4.79 Å². The van der Waals surface area contributed by atoms with Crippen LogP contribution in [0.5, 0.6) is 0 Å². The van der Waals surface area contributed by atoms with Crippen molar-refractivity contribution in [1.82, 2.24) is 19.4 Å². The molecule has 33 heavy (non-hydrogen) atoms. The number of amides is 2. The second kappa shape index (κ2) is 8.60. The zero-order chi connectivity index (χ0) is 24.1. The van der Waals surface area contributed by atoms with Gasteiger partial charge in [0, 0.05) is 37.7 Å². The molecule has 2 fully saturated rings. The van der Waals surface area contributed by atoms with E-state index >= 15 is 0 Å². The summed E-state index contributed by atoms with van der Waals surface area (Å²) in [6.07, 6.45) is -4.97. The number of piperazine rings is 1. The van der Waals surface area contributed by atoms with E-state index in [2.05, 4.69) is 5.32 Å². The third-order valence-corrected chi connectivity index (χ3v) is 7.51. The summed E-state index contributed by atoms with van der Waals surface area (Å²) in [6.45, 7) is 1.60. The maximum Gasteiger partial charge on any atom is 0.390 e. The van der Waals surface area contributed by atoms with Gasteiger partial charge in [0.25, 0.3) is 5.56 Å². The average molecular weight is 488 g/mol. The number of nitrogens with one attached hydrogen (secondary N) is 1. The van der Waals surface area contributed by atoms with Crippen LogP contribution in [-0.2, 0) is 27.4 Å². The number of fused-ring (bicyclic) bond motifs is 1. The largest absolute Gasteiger partial charge is 0.390 e. The second-order valence-corrected chi connectivity index (χ2v) is 9.35. The van der Waals surface area contributed by atoms with E-state index in [0.29, 0.717) is 23.3 Å². The van der Waals surface area contributed by atoms with Gasteiger partial charge in [0.05, 0.1) is 24.5 Å². The summed E-state index contributed by atoms with van der Waals surface area (Å²) in [6, 6.07) is -0.452. The minimum atomic E-state index is -4.48. The smallest absolute Gasteiger partial charge is 0.381 e. The summed E-state index contributed by atoms with van der Waals surface area (Å²) in [7, 11) is 1.52. The lowest BCUT2D eigenvalue weighted by atomic mass is 9.89. The third-order valence-electron chi connectivity index (χ3n) is 6.21. The second-order valence-electron chi connectivity index (χ2n) is 8.27. The molecular formula is C20H23F3N4O5S. The molecule has 4 rings (SSSR count). The monoisotopic (exact) mass is 488 g/mol. The molecule has 1 saturated carbocycles. The van der Waals surface area contributed by atoms with Crippen molar-refractivity contribution in [2.24, 2.45) is 0 Å². The standard InChI is InChI=1S/C20H23F3N4O5S/c1-10-13(9-25-6-4-24-15(28)17(25)30)33-18-14(10)16(29)27(11-7-12(8-11)32-2)19(31)26(18)5-3-20(21,22)23/h11-12H,3-9H2,1-2H3,(H,24,28)/t11-,12+. The fourth-order valence-corrected chi connectivity index (χ4v) is 5.54. The highest BCUT2D eigenvalue weighted by Gasteiger charge is 2.35. The lowest BCUT2D eigenvalue weighted by Gasteiger charge is -2.35. The molecule has 1 saturated heterocycles. The molecule has 0 unspecified atom stereocenters. The first kappa shape index (κ1) is 23.5. The summed E-state index contributed by atoms with van der Waals surface area (Å²) in [5.74, 6) is -1.45. The van der Waals surface area contributed by atoms with Crippen LogP contribution < -0.4 is 16.6 Å². The van der Waals surface area contributed by atoms with Crippen molar-refractivity contribution >= 4 is 33.4 Å². The van der Waals surface area contributed by atoms with Gasteiger partial charge in [0.15, 0.2) is 0 Å². The number of carbonyl (C=O) groups excluding carboxylic acids is 2. The Morgan fingerprint density at radius 1 is 1.18 bits per heavy atom. The van der Waals surface area contributed by atoms with Gasteiger partial charge in [-0.3, -0.25) is 23.5 Å². The van der Waals surface area contributed by atoms with Gasteiger partial charge in [0.2, 0.25) is 0 Å². The van der Waals surface area contributed by atoms with Crippen LogP contribution in [0.3, 0.4) is 0 Å². The van der Waals surface area contributed by atoms with Gasteiger partial charge in [-0.2, -0.15) is 13.2 Å². The number of carbonyl (C=O) groups is 2. The molecule has 1 aliphatic carbocycles. The molecule has 2 amide bonds. The summed E-state index contributed by atoms with van der Waals surface area (Å²) in [5.41, 5.74) is -0.839. The van der Waals surface area contributed by atoms with Crippen molar-refractivity contribution in [3.05, 3.63) is 31.3 Å². The van der Waals surface area contributed by atoms with E-state index < -0.39 is 48.2 Å². The quantitative estimate of drug-likeness (QED) is 0.618. The fourth-order valence-electron chi connectivity index (χ4n) is 4.21. The number of halogens is 3. The van der Waals surface area contributed by atoms with Crippen molar-refractivity contribution in [3.63, 3.8) is 0 Å². The molecule has 0 bridgehead atoms. The van der Waals surface area contributed by atoms with E-state index in [4.69, 9.17) is 4.74 Å². The molecule has 0 radical (unpaired) electrons. The Bertz CT molecular complexity index is 1230. The van der Waals surface area contributed by atoms with Crippen LogP contribution >= 0.6 is 11.3 Å². The Kier molecular flexibility index (Phi) is 6.12. The average Bonchev–Trinajstić information content (AvgIpc) is 3.02. The highest BCUT2D eigenvalue weighted by atomic mass is 32.1. The van der Waals surface area contributed by atoms with Gasteiger partial charge >= 0.3 is 23.7 Å². The highest BCUT2D eigenvalue weighted by Crippen LogP contribution is 2.34. The van der Waals surface area contributed by atoms with Crippen molar-refractivity contribution in [2.45, 2.75) is 57.6 Å². The number of thiophene rings is 1. The first-order chi connectivity index (χ1) is 15.5. The number of nitrogens with zero attached hydrogens (tertiary/aromatic N) is 3. The predicted molar refractivity (Wildman–Crippen MR) is 113 cm³/mol. The summed E-state index contributed by atoms with van der Waals surface area (Å²) in [5, 5.41) is 2.62. The summed E-state index contributed by atoms with van der Waals surface area (Å²) < 4.78 is 46.2. The first-order valence-corrected chi connectivity index (χ1v) is 11.3. The van der Waals surface area contributed by atoms with Crippen molar-refractivity contribution < 1.29 is 27.5 Å². The molecule has 9 nitrogen and oxygen atoms in total. The Labute approximate surface area is 189 Å². The molecule has 2 aromatic rings. The van der Waals surface area contributed by atoms with Gasteiger partial charge in [-0.15, -0.1) is 11.3 Å². The van der Waals surface area contributed by atoms with E-state index in [-0.39, 0.29) is 36.0 Å². The van der Waals surface area contributed by atoms with Crippen LogP contribution in [0.1, 0.15) is 35.7 Å². The zero-order valence-electron chi connectivity index (χ0n) is 18.0. The number of hydrogen-bond acceptors (Lipinski definition) is 6. The fraction of sp³-hybridized carbons (Fsp3) is 0.600. The predicted octanol–water partition coefficient (Wildman–Crippen LogP) is 1.29. The molecule has 3 heterocycles. The number of aromatic nitrogens is 2. The van der Waals surface area contributed by atoms with E-state index in [1.807, 2.05) is 0 Å². The lowest BCUT2D eigenvalue weighted by molar-refractivity contribution is -0.148. The topological polar surface area (TPSA) is 103 Å². The molecule has 0 aromatic carbocycles. The van der Waals surface area contributed by atoms with Crippen LogP contribution in [-0.4, -0.2) is 58.3 Å². The Morgan fingerprint density at radius 2 is 1.88 bits per heavy atom. The van der Waals surface area contributed by atoms with Crippen LogP contribution in [0.4, 0.5) is 13.2 Å². The van der Waals surface area contributed by atoms with Crippen LogP contribution in [0, 0.1) is 6.92 Å². The molecule has 180 valence electrons. The molecule has 2 aromatic heterocycles. The van der Waals surface area contributed by atoms with E-state index in [9.17, 15) is 32.3 Å². The molecular weight excluding hydrogens is 465 g/mol. The summed E-state index contributed by atoms with van der Waals surface area (Å²) >= 11 is 1.01. The Balaban J connectivity index is 1.82. The van der Waals surface area contributed by atoms with Crippen molar-refractivity contribution in [1.29, 1.82) is 0 Å². The van der Waals surface area contributed by atoms with Crippen LogP contribution in [0.25, 0.3) is 10.2 Å². The van der Waals surface area contributed by atoms with Gasteiger partial charge < -0.3 is 15.0 Å². The first-order valence-electron chi connectivity index (χ1n) is 10.5. The van der Waals surface area contributed by atoms with Crippen molar-refractivity contribution in [3.8, 4) is 0 Å². The Hall–Kier alpha value is -2.67. The van der Waals surface area contributed by atoms with E-state index in [1.54, 1.807) is 6.92 Å². The maximum absolute atomic E-state index is 13.3.